The van der Waals surface area contributed by atoms with E-state index in [1.54, 1.807) is 6.07 Å². The Morgan fingerprint density at radius 2 is 1.35 bits per heavy atom. The first kappa shape index (κ1) is 29.5. The molecule has 1 atom stereocenters. The van der Waals surface area contributed by atoms with Crippen LogP contribution in [0.2, 0.25) is 10.0 Å². The minimum absolute atomic E-state index is 0.0984. The maximum absolute atomic E-state index is 12.7. The van der Waals surface area contributed by atoms with Gasteiger partial charge in [-0.2, -0.15) is 0 Å². The summed E-state index contributed by atoms with van der Waals surface area (Å²) in [4.78, 5) is 29.8. The minimum atomic E-state index is -0.0984. The summed E-state index contributed by atoms with van der Waals surface area (Å²) in [7, 11) is 0. The van der Waals surface area contributed by atoms with Gasteiger partial charge in [0.25, 0.3) is 0 Å². The van der Waals surface area contributed by atoms with E-state index in [4.69, 9.17) is 42.6 Å². The number of fused-ring (bicyclic) bond motifs is 6. The summed E-state index contributed by atoms with van der Waals surface area (Å²) in [6.07, 6.45) is 0.156. The second-order valence-corrected chi connectivity index (χ2v) is 13.4. The zero-order valence-electron chi connectivity index (χ0n) is 23.7. The third kappa shape index (κ3) is 5.26. The standard InChI is InChI=1S/C19H12BrClN2O2.C16H8BrClN2O/c20-10-5-6-15-13(7-10)17(21)16-18(25-9-11-8-24-11)12-3-1-2-4-14(12)22-19(16)23-15;17-8-5-6-12-10(7-8)14(18)13-15(21)9-3-1-2-4-11(9)19-16(13)20-12/h1-7,11H,8-9H2;1-7H,(H,19,20,21). The van der Waals surface area contributed by atoms with Crippen molar-refractivity contribution in [2.45, 2.75) is 6.10 Å². The predicted octanol–water partition coefficient (Wildman–Crippen LogP) is 9.78. The number of aromatic amines is 1. The first-order valence-electron chi connectivity index (χ1n) is 14.3. The van der Waals surface area contributed by atoms with E-state index < -0.39 is 0 Å². The zero-order chi connectivity index (χ0) is 31.5. The maximum atomic E-state index is 12.7. The average Bonchev–Trinajstić information content (AvgIpc) is 3.89. The highest BCUT2D eigenvalue weighted by molar-refractivity contribution is 9.10. The molecule has 0 amide bonds. The van der Waals surface area contributed by atoms with E-state index in [1.807, 2.05) is 78.9 Å². The van der Waals surface area contributed by atoms with Crippen molar-refractivity contribution in [1.29, 1.82) is 0 Å². The Bertz CT molecular complexity index is 2590. The van der Waals surface area contributed by atoms with Crippen LogP contribution in [0.1, 0.15) is 0 Å². The number of epoxide rings is 1. The Hall–Kier alpha value is -3.86. The lowest BCUT2D eigenvalue weighted by Crippen LogP contribution is -2.06. The summed E-state index contributed by atoms with van der Waals surface area (Å²) < 4.78 is 13.2. The van der Waals surface area contributed by atoms with Crippen LogP contribution < -0.4 is 10.2 Å². The molecule has 1 saturated heterocycles. The summed E-state index contributed by atoms with van der Waals surface area (Å²) in [5.41, 5.74) is 4.15. The Balaban J connectivity index is 0.000000138. The van der Waals surface area contributed by atoms with Crippen LogP contribution in [-0.2, 0) is 4.74 Å². The van der Waals surface area contributed by atoms with Crippen LogP contribution in [0, 0.1) is 0 Å². The smallest absolute Gasteiger partial charge is 0.200 e. The molecule has 226 valence electrons. The van der Waals surface area contributed by atoms with Gasteiger partial charge in [-0.05, 0) is 60.7 Å². The quantitative estimate of drug-likeness (QED) is 0.142. The predicted molar refractivity (Wildman–Crippen MR) is 193 cm³/mol. The Morgan fingerprint density at radius 3 is 2.04 bits per heavy atom. The summed E-state index contributed by atoms with van der Waals surface area (Å²) in [6, 6.07) is 26.7. The third-order valence-electron chi connectivity index (χ3n) is 7.82. The van der Waals surface area contributed by atoms with E-state index in [2.05, 4.69) is 41.8 Å². The third-order valence-corrected chi connectivity index (χ3v) is 9.59. The fraction of sp³-hybridized carbons (Fsp3) is 0.0857. The van der Waals surface area contributed by atoms with E-state index in [-0.39, 0.29) is 11.5 Å². The number of pyridine rings is 4. The van der Waals surface area contributed by atoms with Crippen molar-refractivity contribution in [3.05, 3.63) is 114 Å². The van der Waals surface area contributed by atoms with E-state index in [9.17, 15) is 4.79 Å². The molecular formula is C35H20Br2Cl2N4O3. The monoisotopic (exact) mass is 772 g/mol. The molecule has 11 heteroatoms. The van der Waals surface area contributed by atoms with Gasteiger partial charge in [-0.15, -0.1) is 0 Å². The highest BCUT2D eigenvalue weighted by Crippen LogP contribution is 2.40. The minimum Gasteiger partial charge on any atom is -0.489 e. The van der Waals surface area contributed by atoms with E-state index in [1.165, 1.54) is 0 Å². The van der Waals surface area contributed by atoms with E-state index >= 15 is 0 Å². The van der Waals surface area contributed by atoms with Crippen molar-refractivity contribution in [3.63, 3.8) is 0 Å². The normalized spacial score (nSPS) is 14.3. The van der Waals surface area contributed by atoms with Crippen LogP contribution in [0.5, 0.6) is 5.75 Å². The molecule has 1 unspecified atom stereocenters. The van der Waals surface area contributed by atoms with Crippen LogP contribution in [0.3, 0.4) is 0 Å². The lowest BCUT2D eigenvalue weighted by Gasteiger charge is -2.14. The molecule has 8 aromatic rings. The van der Waals surface area contributed by atoms with Crippen molar-refractivity contribution in [2.24, 2.45) is 0 Å². The number of H-pyrrole nitrogens is 1. The van der Waals surface area contributed by atoms with Crippen molar-refractivity contribution in [3.8, 4) is 5.75 Å². The van der Waals surface area contributed by atoms with Crippen molar-refractivity contribution in [2.75, 3.05) is 13.2 Å². The summed E-state index contributed by atoms with van der Waals surface area (Å²) >= 11 is 20.2. The van der Waals surface area contributed by atoms with E-state index in [0.29, 0.717) is 38.7 Å². The fourth-order valence-electron chi connectivity index (χ4n) is 5.52. The molecule has 1 aliphatic rings. The summed E-state index contributed by atoms with van der Waals surface area (Å²) in [5.74, 6) is 0.718. The van der Waals surface area contributed by atoms with Crippen molar-refractivity contribution >= 4 is 121 Å². The van der Waals surface area contributed by atoms with Crippen LogP contribution in [0.4, 0.5) is 0 Å². The molecule has 7 nitrogen and oxygen atoms in total. The Kier molecular flexibility index (Phi) is 7.54. The molecule has 4 aromatic heterocycles. The highest BCUT2D eigenvalue weighted by atomic mass is 79.9. The molecule has 9 rings (SSSR count). The van der Waals surface area contributed by atoms with Gasteiger partial charge in [0.15, 0.2) is 11.1 Å². The van der Waals surface area contributed by atoms with Gasteiger partial charge >= 0.3 is 0 Å². The largest absolute Gasteiger partial charge is 0.489 e. The van der Waals surface area contributed by atoms with Crippen molar-refractivity contribution < 1.29 is 9.47 Å². The molecule has 1 N–H and O–H groups in total. The molecule has 0 radical (unpaired) electrons. The van der Waals surface area contributed by atoms with Crippen LogP contribution >= 0.6 is 55.1 Å². The van der Waals surface area contributed by atoms with Crippen molar-refractivity contribution in [1.82, 2.24) is 19.9 Å². The number of hydrogen-bond acceptors (Lipinski definition) is 6. The lowest BCUT2D eigenvalue weighted by atomic mass is 10.1. The van der Waals surface area contributed by atoms with Gasteiger partial charge in [0.2, 0.25) is 0 Å². The number of nitrogens with zero attached hydrogens (tertiary/aromatic N) is 3. The fourth-order valence-corrected chi connectivity index (χ4v) is 6.89. The topological polar surface area (TPSA) is 93.3 Å². The SMILES string of the molecule is Clc1c2cc(Br)ccc2nc2nc3ccccc3c(OCC3CO3)c12.O=c1c2ccccc2[nH]c2nc3ccc(Br)cc3c(Cl)c12. The second kappa shape index (κ2) is 11.7. The lowest BCUT2D eigenvalue weighted by molar-refractivity contribution is 0.267. The maximum Gasteiger partial charge on any atom is 0.200 e. The van der Waals surface area contributed by atoms with Gasteiger partial charge < -0.3 is 14.5 Å². The molecule has 46 heavy (non-hydrogen) atoms. The summed E-state index contributed by atoms with van der Waals surface area (Å²) in [6.45, 7) is 1.23. The highest BCUT2D eigenvalue weighted by Gasteiger charge is 2.25. The van der Waals surface area contributed by atoms with Gasteiger partial charge in [0.05, 0.1) is 49.5 Å². The average molecular weight is 775 g/mol. The van der Waals surface area contributed by atoms with Crippen LogP contribution in [0.25, 0.3) is 65.7 Å². The zero-order valence-corrected chi connectivity index (χ0v) is 28.3. The Labute approximate surface area is 287 Å². The number of rotatable bonds is 3. The molecular weight excluding hydrogens is 755 g/mol. The molecule has 4 aromatic carbocycles. The van der Waals surface area contributed by atoms with Crippen LogP contribution in [0.15, 0.2) is 98.7 Å². The molecule has 0 saturated carbocycles. The number of benzene rings is 4. The van der Waals surface area contributed by atoms with Gasteiger partial charge in [-0.1, -0.05) is 79.3 Å². The number of hydrogen-bond donors (Lipinski definition) is 1. The first-order chi connectivity index (χ1) is 22.4. The number of aromatic nitrogens is 4. The molecule has 0 spiro atoms. The van der Waals surface area contributed by atoms with Gasteiger partial charge in [0.1, 0.15) is 24.1 Å². The molecule has 5 heterocycles. The van der Waals surface area contributed by atoms with Gasteiger partial charge in [-0.3, -0.25) is 4.79 Å². The second-order valence-electron chi connectivity index (χ2n) is 10.8. The molecule has 1 aliphatic heterocycles. The Morgan fingerprint density at radius 1 is 0.761 bits per heavy atom. The molecule has 0 bridgehead atoms. The number of nitrogens with one attached hydrogen (secondary N) is 1. The molecule has 0 aliphatic carbocycles. The number of para-hydroxylation sites is 2. The van der Waals surface area contributed by atoms with Gasteiger partial charge in [-0.25, -0.2) is 15.0 Å². The summed E-state index contributed by atoms with van der Waals surface area (Å²) in [5, 5.41) is 5.38. The van der Waals surface area contributed by atoms with Gasteiger partial charge in [0, 0.05) is 30.5 Å². The molecule has 1 fully saturated rings. The number of ether oxygens (including phenoxy) is 2. The van der Waals surface area contributed by atoms with E-state index in [0.717, 1.165) is 64.9 Å². The number of halogens is 4. The first-order valence-corrected chi connectivity index (χ1v) is 16.6. The van der Waals surface area contributed by atoms with Crippen LogP contribution in [-0.4, -0.2) is 39.3 Å².